The van der Waals surface area contributed by atoms with Gasteiger partial charge >= 0.3 is 0 Å². The van der Waals surface area contributed by atoms with Crippen LogP contribution in [0.25, 0.3) is 0 Å². The lowest BCUT2D eigenvalue weighted by Gasteiger charge is -2.31. The van der Waals surface area contributed by atoms with Crippen LogP contribution in [0.15, 0.2) is 30.5 Å². The second-order valence-electron chi connectivity index (χ2n) is 5.32. The molecule has 1 aliphatic heterocycles. The van der Waals surface area contributed by atoms with Crippen LogP contribution in [0, 0.1) is 12.8 Å². The van der Waals surface area contributed by atoms with Crippen LogP contribution in [-0.4, -0.2) is 16.2 Å². The molecule has 20 heavy (non-hydrogen) atoms. The van der Waals surface area contributed by atoms with Crippen LogP contribution in [0.1, 0.15) is 23.1 Å². The van der Waals surface area contributed by atoms with E-state index in [9.17, 15) is 0 Å². The van der Waals surface area contributed by atoms with Gasteiger partial charge in [-0.1, -0.05) is 18.2 Å². The lowest BCUT2D eigenvalue weighted by molar-refractivity contribution is 0.181. The molecule has 2 atom stereocenters. The predicted molar refractivity (Wildman–Crippen MR) is 77.1 cm³/mol. The number of nitrogens with two attached hydrogens (primary N) is 1. The van der Waals surface area contributed by atoms with Crippen molar-refractivity contribution in [2.24, 2.45) is 18.8 Å². The van der Waals surface area contributed by atoms with Crippen molar-refractivity contribution in [3.8, 4) is 5.75 Å². The molecule has 0 saturated carbocycles. The number of nitrogens with one attached hydrogen (secondary N) is 1. The maximum Gasteiger partial charge on any atom is 0.122 e. The van der Waals surface area contributed by atoms with E-state index in [2.05, 4.69) is 21.0 Å². The molecule has 5 nitrogen and oxygen atoms in total. The van der Waals surface area contributed by atoms with Crippen molar-refractivity contribution >= 4 is 0 Å². The molecule has 0 radical (unpaired) electrons. The third kappa shape index (κ3) is 2.19. The SMILES string of the molecule is Cc1ncc(C(NN)C2COc3ccccc3C2)n1C. The molecule has 106 valence electrons. The minimum atomic E-state index is 0.0366. The van der Waals surface area contributed by atoms with E-state index >= 15 is 0 Å². The Morgan fingerprint density at radius 1 is 1.45 bits per heavy atom. The summed E-state index contributed by atoms with van der Waals surface area (Å²) in [6.07, 6.45) is 2.84. The highest BCUT2D eigenvalue weighted by Crippen LogP contribution is 2.33. The number of fused-ring (bicyclic) bond motifs is 1. The molecular formula is C15H20N4O. The lowest BCUT2D eigenvalue weighted by Crippen LogP contribution is -2.39. The van der Waals surface area contributed by atoms with Crippen LogP contribution < -0.4 is 16.0 Å². The minimum absolute atomic E-state index is 0.0366. The van der Waals surface area contributed by atoms with E-state index in [0.29, 0.717) is 12.5 Å². The number of rotatable bonds is 3. The summed E-state index contributed by atoms with van der Waals surface area (Å²) in [6, 6.07) is 8.22. The number of nitrogens with zero attached hydrogens (tertiary/aromatic N) is 2. The summed E-state index contributed by atoms with van der Waals surface area (Å²) in [5.41, 5.74) is 5.27. The summed E-state index contributed by atoms with van der Waals surface area (Å²) in [5.74, 6) is 8.05. The molecule has 2 unspecified atom stereocenters. The van der Waals surface area contributed by atoms with E-state index in [1.54, 1.807) is 0 Å². The Morgan fingerprint density at radius 2 is 2.25 bits per heavy atom. The topological polar surface area (TPSA) is 65.1 Å². The molecule has 0 bridgehead atoms. The van der Waals surface area contributed by atoms with Crippen molar-refractivity contribution in [3.63, 3.8) is 0 Å². The molecule has 2 aromatic rings. The molecule has 0 spiro atoms. The second kappa shape index (κ2) is 5.26. The van der Waals surface area contributed by atoms with E-state index in [-0.39, 0.29) is 6.04 Å². The molecule has 1 aliphatic rings. The maximum atomic E-state index is 5.86. The summed E-state index contributed by atoms with van der Waals surface area (Å²) in [5, 5.41) is 0. The van der Waals surface area contributed by atoms with Crippen molar-refractivity contribution in [3.05, 3.63) is 47.5 Å². The molecule has 0 amide bonds. The Labute approximate surface area is 118 Å². The minimum Gasteiger partial charge on any atom is -0.493 e. The first-order chi connectivity index (χ1) is 9.70. The maximum absolute atomic E-state index is 5.86. The summed E-state index contributed by atoms with van der Waals surface area (Å²) in [7, 11) is 2.01. The highest BCUT2D eigenvalue weighted by Gasteiger charge is 2.29. The van der Waals surface area contributed by atoms with Gasteiger partial charge in [-0.3, -0.25) is 11.3 Å². The fourth-order valence-electron chi connectivity index (χ4n) is 2.84. The summed E-state index contributed by atoms with van der Waals surface area (Å²) in [6.45, 7) is 2.65. The van der Waals surface area contributed by atoms with Crippen LogP contribution in [0.4, 0.5) is 0 Å². The highest BCUT2D eigenvalue weighted by atomic mass is 16.5. The average molecular weight is 272 g/mol. The van der Waals surface area contributed by atoms with Gasteiger partial charge in [0.05, 0.1) is 24.5 Å². The first kappa shape index (κ1) is 13.1. The number of aryl methyl sites for hydroxylation is 1. The van der Waals surface area contributed by atoms with Gasteiger partial charge in [0.2, 0.25) is 0 Å². The zero-order valence-electron chi connectivity index (χ0n) is 11.8. The number of hydrogen-bond acceptors (Lipinski definition) is 4. The molecule has 5 heteroatoms. The van der Waals surface area contributed by atoms with E-state index < -0.39 is 0 Å². The Hall–Kier alpha value is -1.85. The fraction of sp³-hybridized carbons (Fsp3) is 0.400. The Morgan fingerprint density at radius 3 is 2.95 bits per heavy atom. The largest absolute Gasteiger partial charge is 0.493 e. The Balaban J connectivity index is 1.87. The summed E-state index contributed by atoms with van der Waals surface area (Å²) in [4.78, 5) is 4.35. The third-order valence-electron chi connectivity index (χ3n) is 4.13. The Kier molecular flexibility index (Phi) is 3.46. The molecule has 3 N–H and O–H groups in total. The number of benzene rings is 1. The normalized spacial score (nSPS) is 19.2. The van der Waals surface area contributed by atoms with Crippen molar-refractivity contribution in [1.29, 1.82) is 0 Å². The zero-order valence-corrected chi connectivity index (χ0v) is 11.8. The van der Waals surface area contributed by atoms with Gasteiger partial charge in [0.25, 0.3) is 0 Å². The molecule has 0 fully saturated rings. The van der Waals surface area contributed by atoms with Gasteiger partial charge in [0, 0.05) is 13.0 Å². The smallest absolute Gasteiger partial charge is 0.122 e. The number of imidazole rings is 1. The van der Waals surface area contributed by atoms with Gasteiger partial charge in [-0.05, 0) is 25.0 Å². The summed E-state index contributed by atoms with van der Waals surface area (Å²) >= 11 is 0. The molecule has 3 rings (SSSR count). The average Bonchev–Trinajstić information content (AvgIpc) is 2.80. The van der Waals surface area contributed by atoms with Crippen molar-refractivity contribution in [1.82, 2.24) is 15.0 Å². The van der Waals surface area contributed by atoms with Crippen molar-refractivity contribution in [2.75, 3.05) is 6.61 Å². The van der Waals surface area contributed by atoms with Crippen LogP contribution in [0.3, 0.4) is 0 Å². The number of hydrogen-bond donors (Lipinski definition) is 2. The van der Waals surface area contributed by atoms with E-state index in [1.807, 2.05) is 38.4 Å². The molecule has 0 saturated heterocycles. The molecule has 2 heterocycles. The Bertz CT molecular complexity index is 608. The van der Waals surface area contributed by atoms with Crippen LogP contribution in [0.2, 0.25) is 0 Å². The molecular weight excluding hydrogens is 252 g/mol. The van der Waals surface area contributed by atoms with Gasteiger partial charge in [-0.25, -0.2) is 4.98 Å². The standard InChI is InChI=1S/C15H20N4O/c1-10-17-8-13(19(10)2)15(18-16)12-7-11-5-3-4-6-14(11)20-9-12/h3-6,8,12,15,18H,7,9,16H2,1-2H3. The molecule has 1 aromatic carbocycles. The van der Waals surface area contributed by atoms with Gasteiger partial charge in [0.1, 0.15) is 11.6 Å². The van der Waals surface area contributed by atoms with E-state index in [1.165, 1.54) is 5.56 Å². The van der Waals surface area contributed by atoms with Crippen LogP contribution in [-0.2, 0) is 13.5 Å². The van der Waals surface area contributed by atoms with E-state index in [0.717, 1.165) is 23.7 Å². The molecule has 0 aliphatic carbocycles. The first-order valence-corrected chi connectivity index (χ1v) is 6.85. The first-order valence-electron chi connectivity index (χ1n) is 6.85. The van der Waals surface area contributed by atoms with Crippen LogP contribution >= 0.6 is 0 Å². The predicted octanol–water partition coefficient (Wildman–Crippen LogP) is 1.48. The van der Waals surface area contributed by atoms with Crippen molar-refractivity contribution < 1.29 is 4.74 Å². The number of aromatic nitrogens is 2. The second-order valence-corrected chi connectivity index (χ2v) is 5.32. The number of para-hydroxylation sites is 1. The van der Waals surface area contributed by atoms with Crippen LogP contribution in [0.5, 0.6) is 5.75 Å². The number of ether oxygens (including phenoxy) is 1. The van der Waals surface area contributed by atoms with Gasteiger partial charge in [-0.15, -0.1) is 0 Å². The van der Waals surface area contributed by atoms with E-state index in [4.69, 9.17) is 10.6 Å². The van der Waals surface area contributed by atoms with Gasteiger partial charge in [-0.2, -0.15) is 0 Å². The quantitative estimate of drug-likeness (QED) is 0.656. The van der Waals surface area contributed by atoms with Crippen molar-refractivity contribution in [2.45, 2.75) is 19.4 Å². The summed E-state index contributed by atoms with van der Waals surface area (Å²) < 4.78 is 7.94. The zero-order chi connectivity index (χ0) is 14.1. The monoisotopic (exact) mass is 272 g/mol. The number of hydrazine groups is 1. The highest BCUT2D eigenvalue weighted by molar-refractivity contribution is 5.35. The fourth-order valence-corrected chi connectivity index (χ4v) is 2.84. The van der Waals surface area contributed by atoms with Gasteiger partial charge < -0.3 is 9.30 Å². The lowest BCUT2D eigenvalue weighted by atomic mass is 9.89. The third-order valence-corrected chi connectivity index (χ3v) is 4.13. The van der Waals surface area contributed by atoms with Gasteiger partial charge in [0.15, 0.2) is 0 Å². The molecule has 1 aromatic heterocycles.